The number of allylic oxidation sites excluding steroid dienone is 3. The molecule has 17 atom stereocenters. The Morgan fingerprint density at radius 3 is 1.16 bits per heavy atom. The van der Waals surface area contributed by atoms with Crippen LogP contribution >= 0.6 is 0 Å². The van der Waals surface area contributed by atoms with Gasteiger partial charge in [-0.2, -0.15) is 0 Å². The van der Waals surface area contributed by atoms with Crippen LogP contribution in [0.15, 0.2) is 24.3 Å². The molecule has 3 rings (SSSR count). The fourth-order valence-corrected chi connectivity index (χ4v) is 11.9. The molecule has 3 fully saturated rings. The Bertz CT molecular complexity index is 1660. The highest BCUT2D eigenvalue weighted by atomic mass is 16.8. The number of carbonyl (C=O) groups is 1. The lowest BCUT2D eigenvalue weighted by Gasteiger charge is -2.48. The molecule has 1 amide bonds. The summed E-state index contributed by atoms with van der Waals surface area (Å²) in [5.41, 5.74) is 0. The van der Waals surface area contributed by atoms with Crippen LogP contribution in [-0.4, -0.2) is 193 Å². The first-order valence-electron chi connectivity index (χ1n) is 34.6. The van der Waals surface area contributed by atoms with E-state index in [0.717, 1.165) is 38.5 Å². The highest BCUT2D eigenvalue weighted by molar-refractivity contribution is 5.76. The summed E-state index contributed by atoms with van der Waals surface area (Å²) in [6.45, 7) is 1.73. The third-order valence-electron chi connectivity index (χ3n) is 17.5. The van der Waals surface area contributed by atoms with Crippen LogP contribution in [0, 0.1) is 0 Å². The van der Waals surface area contributed by atoms with Crippen molar-refractivity contribution in [2.75, 3.05) is 26.4 Å². The number of aliphatic hydroxyl groups excluding tert-OH is 11. The second-order valence-corrected chi connectivity index (χ2v) is 25.0. The zero-order valence-electron chi connectivity index (χ0n) is 53.3. The predicted molar refractivity (Wildman–Crippen MR) is 333 cm³/mol. The average molecular weight is 1230 g/mol. The van der Waals surface area contributed by atoms with Gasteiger partial charge in [0.25, 0.3) is 0 Å². The van der Waals surface area contributed by atoms with E-state index in [-0.39, 0.29) is 18.9 Å². The molecule has 19 heteroatoms. The third-order valence-corrected chi connectivity index (χ3v) is 17.5. The fourth-order valence-electron chi connectivity index (χ4n) is 11.9. The summed E-state index contributed by atoms with van der Waals surface area (Å²) in [5.74, 6) is -0.281. The summed E-state index contributed by atoms with van der Waals surface area (Å²) < 4.78 is 34.3. The molecule has 3 saturated heterocycles. The number of aliphatic hydroxyl groups is 11. The molecule has 0 spiro atoms. The molecule has 0 aromatic carbocycles. The van der Waals surface area contributed by atoms with Gasteiger partial charge in [0.2, 0.25) is 5.91 Å². The molecule has 3 aliphatic heterocycles. The number of hydrogen-bond acceptors (Lipinski definition) is 18. The van der Waals surface area contributed by atoms with Crippen LogP contribution in [0.4, 0.5) is 0 Å². The van der Waals surface area contributed by atoms with Crippen molar-refractivity contribution < 1.29 is 89.4 Å². The van der Waals surface area contributed by atoms with Gasteiger partial charge in [-0.05, 0) is 32.1 Å². The maximum atomic E-state index is 13.4. The van der Waals surface area contributed by atoms with Crippen LogP contribution in [-0.2, 0) is 33.2 Å². The van der Waals surface area contributed by atoms with E-state index in [0.29, 0.717) is 12.8 Å². The Balaban J connectivity index is 1.41. The normalized spacial score (nSPS) is 28.9. The maximum absolute atomic E-state index is 13.4. The maximum Gasteiger partial charge on any atom is 0.220 e. The van der Waals surface area contributed by atoms with Gasteiger partial charge < -0.3 is 89.9 Å². The van der Waals surface area contributed by atoms with Crippen molar-refractivity contribution in [1.29, 1.82) is 0 Å². The van der Waals surface area contributed by atoms with Crippen LogP contribution < -0.4 is 5.32 Å². The van der Waals surface area contributed by atoms with Crippen LogP contribution in [0.2, 0.25) is 0 Å². The Morgan fingerprint density at radius 2 is 0.744 bits per heavy atom. The summed E-state index contributed by atoms with van der Waals surface area (Å²) in [6, 6.07) is -0.986. The molecule has 3 aliphatic rings. The number of unbranched alkanes of at least 4 members (excludes halogenated alkanes) is 35. The number of amides is 1. The van der Waals surface area contributed by atoms with Gasteiger partial charge in [-0.3, -0.25) is 4.79 Å². The van der Waals surface area contributed by atoms with Crippen molar-refractivity contribution in [2.24, 2.45) is 0 Å². The molecule has 17 unspecified atom stereocenters. The van der Waals surface area contributed by atoms with E-state index >= 15 is 0 Å². The SMILES string of the molecule is CCCCCCCCCC/C=C/CC/C=C/C(O)C(COC1OC(CO)C(OC2OC(CO)C(OC3OC(CO)C(O)C(O)C3O)C(O)C2O)C(O)C1O)NC(=O)CCCCCCCCCCCCCCCCCCCCCCCCCCCCC. The third kappa shape index (κ3) is 32.0. The first-order valence-corrected chi connectivity index (χ1v) is 34.6. The van der Waals surface area contributed by atoms with Crippen molar-refractivity contribution in [1.82, 2.24) is 5.32 Å². The highest BCUT2D eigenvalue weighted by Crippen LogP contribution is 2.33. The van der Waals surface area contributed by atoms with E-state index in [1.54, 1.807) is 6.08 Å². The fraction of sp³-hybridized carbons (Fsp3) is 0.925. The molecule has 506 valence electrons. The van der Waals surface area contributed by atoms with Crippen molar-refractivity contribution in [3.63, 3.8) is 0 Å². The largest absolute Gasteiger partial charge is 0.394 e. The van der Waals surface area contributed by atoms with Gasteiger partial charge >= 0.3 is 0 Å². The van der Waals surface area contributed by atoms with E-state index in [4.69, 9.17) is 28.4 Å². The van der Waals surface area contributed by atoms with Gasteiger partial charge in [0.1, 0.15) is 73.2 Å². The molecule has 86 heavy (non-hydrogen) atoms. The summed E-state index contributed by atoms with van der Waals surface area (Å²) >= 11 is 0. The summed E-state index contributed by atoms with van der Waals surface area (Å²) in [5, 5.41) is 120. The van der Waals surface area contributed by atoms with Crippen molar-refractivity contribution in [3.05, 3.63) is 24.3 Å². The van der Waals surface area contributed by atoms with Crippen LogP contribution in [0.3, 0.4) is 0 Å². The summed E-state index contributed by atoms with van der Waals surface area (Å²) in [7, 11) is 0. The molecule has 0 aliphatic carbocycles. The smallest absolute Gasteiger partial charge is 0.220 e. The zero-order chi connectivity index (χ0) is 62.6. The second-order valence-electron chi connectivity index (χ2n) is 25.0. The molecule has 0 aromatic rings. The first kappa shape index (κ1) is 78.5. The quantitative estimate of drug-likeness (QED) is 0.0200. The first-order chi connectivity index (χ1) is 41.8. The van der Waals surface area contributed by atoms with Gasteiger partial charge in [0, 0.05) is 6.42 Å². The number of carbonyl (C=O) groups excluding carboxylic acids is 1. The molecule has 0 radical (unpaired) electrons. The zero-order valence-corrected chi connectivity index (χ0v) is 53.3. The molecule has 3 heterocycles. The molecule has 0 aromatic heterocycles. The Labute approximate surface area is 518 Å². The van der Waals surface area contributed by atoms with Crippen molar-refractivity contribution in [2.45, 2.75) is 369 Å². The minimum Gasteiger partial charge on any atom is -0.394 e. The lowest BCUT2D eigenvalue weighted by atomic mass is 9.96. The van der Waals surface area contributed by atoms with Crippen molar-refractivity contribution in [3.8, 4) is 0 Å². The Kier molecular flexibility index (Phi) is 45.6. The van der Waals surface area contributed by atoms with Gasteiger partial charge in [-0.1, -0.05) is 250 Å². The molecular formula is C67H125NO18. The van der Waals surface area contributed by atoms with Gasteiger partial charge in [-0.15, -0.1) is 0 Å². The van der Waals surface area contributed by atoms with E-state index < -0.39 is 124 Å². The van der Waals surface area contributed by atoms with Crippen molar-refractivity contribution >= 4 is 5.91 Å². The highest BCUT2D eigenvalue weighted by Gasteiger charge is 2.53. The number of ether oxygens (including phenoxy) is 6. The van der Waals surface area contributed by atoms with E-state index in [9.17, 15) is 61.0 Å². The number of nitrogens with one attached hydrogen (secondary N) is 1. The van der Waals surface area contributed by atoms with Crippen LogP contribution in [0.25, 0.3) is 0 Å². The summed E-state index contributed by atoms with van der Waals surface area (Å²) in [4.78, 5) is 13.4. The second kappa shape index (κ2) is 49.9. The number of hydrogen-bond donors (Lipinski definition) is 12. The summed E-state index contributed by atoms with van der Waals surface area (Å²) in [6.07, 6.45) is 28.9. The van der Waals surface area contributed by atoms with E-state index in [2.05, 4.69) is 31.3 Å². The molecular weight excluding hydrogens is 1110 g/mol. The lowest BCUT2D eigenvalue weighted by Crippen LogP contribution is -2.66. The Morgan fingerprint density at radius 1 is 0.407 bits per heavy atom. The van der Waals surface area contributed by atoms with E-state index in [1.807, 2.05) is 6.08 Å². The van der Waals surface area contributed by atoms with Crippen LogP contribution in [0.5, 0.6) is 0 Å². The van der Waals surface area contributed by atoms with Gasteiger partial charge in [0.15, 0.2) is 18.9 Å². The standard InChI is InChI=1S/C67H125NO18/c1-3-5-7-9-11-13-15-17-19-20-21-22-23-24-25-26-27-28-29-30-31-33-35-37-39-41-43-45-55(73)68-50(51(72)44-42-40-38-36-34-32-18-16-14-12-10-8-6-4-2)49-81-65-61(79)58(76)63(53(47-70)83-65)86-67-62(80)59(77)64(54(48-71)84-67)85-66-60(78)57(75)56(74)52(46-69)82-66/h34,36,42,44,50-54,56-67,69-72,74-80H,3-33,35,37-41,43,45-49H2,1-2H3,(H,68,73)/b36-34+,44-42+. The molecule has 0 saturated carbocycles. The van der Waals surface area contributed by atoms with E-state index in [1.165, 1.54) is 193 Å². The minimum atomic E-state index is -1.98. The molecule has 19 nitrogen and oxygen atoms in total. The van der Waals surface area contributed by atoms with Gasteiger partial charge in [-0.25, -0.2) is 0 Å². The Hall–Kier alpha value is -1.73. The monoisotopic (exact) mass is 1230 g/mol. The minimum absolute atomic E-state index is 0.240. The number of rotatable bonds is 53. The average Bonchev–Trinajstić information content (AvgIpc) is 2.54. The lowest BCUT2D eigenvalue weighted by molar-refractivity contribution is -0.379. The van der Waals surface area contributed by atoms with Gasteiger partial charge in [0.05, 0.1) is 38.6 Å². The predicted octanol–water partition coefficient (Wildman–Crippen LogP) is 8.66. The molecule has 0 bridgehead atoms. The molecule has 12 N–H and O–H groups in total. The van der Waals surface area contributed by atoms with Crippen LogP contribution in [0.1, 0.15) is 264 Å². The topological polar surface area (TPSA) is 307 Å².